The fourth-order valence-corrected chi connectivity index (χ4v) is 4.83. The van der Waals surface area contributed by atoms with Crippen molar-refractivity contribution in [3.63, 3.8) is 0 Å². The van der Waals surface area contributed by atoms with Gasteiger partial charge in [-0.15, -0.1) is 0 Å². The minimum atomic E-state index is -0.539. The first-order valence-electron chi connectivity index (χ1n) is 11.7. The summed E-state index contributed by atoms with van der Waals surface area (Å²) in [5, 5.41) is 6.21. The van der Waals surface area contributed by atoms with Gasteiger partial charge in [0.15, 0.2) is 11.5 Å². The zero-order valence-corrected chi connectivity index (χ0v) is 18.5. The maximum absolute atomic E-state index is 13.6. The van der Waals surface area contributed by atoms with Gasteiger partial charge in [0.1, 0.15) is 13.2 Å². The van der Waals surface area contributed by atoms with Gasteiger partial charge in [0.25, 0.3) is 0 Å². The monoisotopic (exact) mass is 434 g/mol. The van der Waals surface area contributed by atoms with E-state index < -0.39 is 5.41 Å². The zero-order valence-electron chi connectivity index (χ0n) is 18.5. The van der Waals surface area contributed by atoms with Crippen LogP contribution in [0.1, 0.15) is 62.6 Å². The van der Waals surface area contributed by atoms with Crippen LogP contribution in [0.2, 0.25) is 0 Å². The number of fused-ring (bicyclic) bond motifs is 1. The molecular formula is C26H30N2O4. The molecule has 0 saturated heterocycles. The van der Waals surface area contributed by atoms with E-state index in [-0.39, 0.29) is 23.8 Å². The topological polar surface area (TPSA) is 76.7 Å². The number of benzene rings is 2. The molecule has 32 heavy (non-hydrogen) atoms. The Morgan fingerprint density at radius 3 is 2.34 bits per heavy atom. The average Bonchev–Trinajstić information content (AvgIpc) is 3.55. The number of amides is 2. The standard InChI is InChI=1S/C26H30N2O4/c1-17(18-6-9-21(10-7-18)28-24(29)19-4-5-19)27-25(30)26(12-2-3-13-26)20-8-11-22-23(16-20)32-15-14-31-22/h6-11,16-17,19H,2-5,12-15H2,1H3,(H,27,30)(H,28,29)/t17-/m1/s1. The molecule has 2 N–H and O–H groups in total. The van der Waals surface area contributed by atoms with Crippen LogP contribution in [0, 0.1) is 5.92 Å². The Balaban J connectivity index is 1.30. The van der Waals surface area contributed by atoms with Crippen LogP contribution in [-0.2, 0) is 15.0 Å². The maximum atomic E-state index is 13.6. The van der Waals surface area contributed by atoms with Crippen LogP contribution in [-0.4, -0.2) is 25.0 Å². The Labute approximate surface area is 188 Å². The molecule has 6 heteroatoms. The highest BCUT2D eigenvalue weighted by atomic mass is 16.6. The molecule has 3 aliphatic rings. The van der Waals surface area contributed by atoms with Crippen molar-refractivity contribution in [3.8, 4) is 11.5 Å². The lowest BCUT2D eigenvalue weighted by Crippen LogP contribution is -2.43. The highest BCUT2D eigenvalue weighted by Gasteiger charge is 2.43. The van der Waals surface area contributed by atoms with E-state index in [0.717, 1.165) is 66.8 Å². The fraction of sp³-hybridized carbons (Fsp3) is 0.462. The second-order valence-electron chi connectivity index (χ2n) is 9.23. The molecule has 2 saturated carbocycles. The van der Waals surface area contributed by atoms with Gasteiger partial charge in [0.2, 0.25) is 11.8 Å². The second kappa shape index (κ2) is 8.49. The molecule has 168 valence electrons. The number of nitrogens with one attached hydrogen (secondary N) is 2. The Kier molecular flexibility index (Phi) is 5.53. The molecular weight excluding hydrogens is 404 g/mol. The van der Waals surface area contributed by atoms with Gasteiger partial charge in [-0.25, -0.2) is 0 Å². The predicted octanol–water partition coefficient (Wildman–Crippen LogP) is 4.50. The van der Waals surface area contributed by atoms with Crippen LogP contribution in [0.3, 0.4) is 0 Å². The Bertz CT molecular complexity index is 1010. The Hall–Kier alpha value is -3.02. The molecule has 0 radical (unpaired) electrons. The predicted molar refractivity (Wildman–Crippen MR) is 122 cm³/mol. The van der Waals surface area contributed by atoms with Gasteiger partial charge in [-0.1, -0.05) is 31.0 Å². The summed E-state index contributed by atoms with van der Waals surface area (Å²) in [4.78, 5) is 25.5. The van der Waals surface area contributed by atoms with Crippen molar-refractivity contribution in [2.75, 3.05) is 18.5 Å². The summed E-state index contributed by atoms with van der Waals surface area (Å²) in [6.07, 6.45) is 5.70. The van der Waals surface area contributed by atoms with Gasteiger partial charge in [-0.3, -0.25) is 9.59 Å². The first-order chi connectivity index (χ1) is 15.5. The van der Waals surface area contributed by atoms with Crippen molar-refractivity contribution >= 4 is 17.5 Å². The average molecular weight is 435 g/mol. The number of carbonyl (C=O) groups is 2. The van der Waals surface area contributed by atoms with Crippen LogP contribution in [0.4, 0.5) is 5.69 Å². The van der Waals surface area contributed by atoms with Crippen LogP contribution in [0.5, 0.6) is 11.5 Å². The smallest absolute Gasteiger partial charge is 0.231 e. The lowest BCUT2D eigenvalue weighted by molar-refractivity contribution is -0.127. The molecule has 0 bridgehead atoms. The molecule has 2 aromatic carbocycles. The van der Waals surface area contributed by atoms with Gasteiger partial charge in [-0.2, -0.15) is 0 Å². The summed E-state index contributed by atoms with van der Waals surface area (Å²) in [5.41, 5.74) is 2.27. The molecule has 2 aliphatic carbocycles. The minimum absolute atomic E-state index is 0.0605. The van der Waals surface area contributed by atoms with E-state index in [1.165, 1.54) is 0 Å². The lowest BCUT2D eigenvalue weighted by Gasteiger charge is -2.31. The van der Waals surface area contributed by atoms with Crippen molar-refractivity contribution in [1.82, 2.24) is 5.32 Å². The van der Waals surface area contributed by atoms with E-state index in [1.54, 1.807) is 0 Å². The van der Waals surface area contributed by atoms with Gasteiger partial charge in [0, 0.05) is 11.6 Å². The summed E-state index contributed by atoms with van der Waals surface area (Å²) in [5.74, 6) is 1.81. The van der Waals surface area contributed by atoms with E-state index in [2.05, 4.69) is 10.6 Å². The zero-order chi connectivity index (χ0) is 22.1. The molecule has 0 aromatic heterocycles. The first-order valence-corrected chi connectivity index (χ1v) is 11.7. The fourth-order valence-electron chi connectivity index (χ4n) is 4.83. The molecule has 2 aromatic rings. The van der Waals surface area contributed by atoms with E-state index in [1.807, 2.05) is 49.4 Å². The molecule has 0 spiro atoms. The second-order valence-corrected chi connectivity index (χ2v) is 9.23. The number of carbonyl (C=O) groups excluding carboxylic acids is 2. The van der Waals surface area contributed by atoms with Crippen LogP contribution < -0.4 is 20.1 Å². The maximum Gasteiger partial charge on any atom is 0.231 e. The summed E-state index contributed by atoms with van der Waals surface area (Å²) < 4.78 is 11.4. The molecule has 1 atom stereocenters. The largest absolute Gasteiger partial charge is 0.486 e. The van der Waals surface area contributed by atoms with Crippen molar-refractivity contribution in [3.05, 3.63) is 53.6 Å². The third kappa shape index (κ3) is 4.06. The van der Waals surface area contributed by atoms with Crippen molar-refractivity contribution < 1.29 is 19.1 Å². The van der Waals surface area contributed by atoms with E-state index in [9.17, 15) is 9.59 Å². The number of anilines is 1. The van der Waals surface area contributed by atoms with E-state index >= 15 is 0 Å². The molecule has 1 heterocycles. The third-order valence-corrected chi connectivity index (χ3v) is 6.96. The summed E-state index contributed by atoms with van der Waals surface area (Å²) in [6, 6.07) is 13.6. The molecule has 6 nitrogen and oxygen atoms in total. The van der Waals surface area contributed by atoms with Gasteiger partial charge >= 0.3 is 0 Å². The van der Waals surface area contributed by atoms with Crippen molar-refractivity contribution in [2.45, 2.75) is 56.9 Å². The van der Waals surface area contributed by atoms with Gasteiger partial charge in [-0.05, 0) is 68.0 Å². The number of ether oxygens (including phenoxy) is 2. The minimum Gasteiger partial charge on any atom is -0.486 e. The summed E-state index contributed by atoms with van der Waals surface area (Å²) >= 11 is 0. The first kappa shape index (κ1) is 20.9. The molecule has 0 unspecified atom stereocenters. The van der Waals surface area contributed by atoms with Crippen LogP contribution >= 0.6 is 0 Å². The molecule has 1 aliphatic heterocycles. The van der Waals surface area contributed by atoms with E-state index in [4.69, 9.17) is 9.47 Å². The van der Waals surface area contributed by atoms with Gasteiger partial charge < -0.3 is 20.1 Å². The van der Waals surface area contributed by atoms with Gasteiger partial charge in [0.05, 0.1) is 11.5 Å². The van der Waals surface area contributed by atoms with Crippen LogP contribution in [0.15, 0.2) is 42.5 Å². The normalized spacial score (nSPS) is 19.8. The number of hydrogen-bond donors (Lipinski definition) is 2. The molecule has 2 amide bonds. The number of rotatable bonds is 6. The van der Waals surface area contributed by atoms with Crippen molar-refractivity contribution in [1.29, 1.82) is 0 Å². The summed E-state index contributed by atoms with van der Waals surface area (Å²) in [7, 11) is 0. The van der Waals surface area contributed by atoms with Crippen LogP contribution in [0.25, 0.3) is 0 Å². The highest BCUT2D eigenvalue weighted by molar-refractivity contribution is 5.94. The highest BCUT2D eigenvalue weighted by Crippen LogP contribution is 2.44. The lowest BCUT2D eigenvalue weighted by atomic mass is 9.77. The quantitative estimate of drug-likeness (QED) is 0.702. The van der Waals surface area contributed by atoms with E-state index in [0.29, 0.717) is 13.2 Å². The molecule has 2 fully saturated rings. The summed E-state index contributed by atoms with van der Waals surface area (Å²) in [6.45, 7) is 3.09. The molecule has 5 rings (SSSR count). The SMILES string of the molecule is C[C@@H](NC(=O)C1(c2ccc3c(c2)OCCO3)CCCC1)c1ccc(NC(=O)C2CC2)cc1. The number of hydrogen-bond acceptors (Lipinski definition) is 4. The Morgan fingerprint density at radius 2 is 1.66 bits per heavy atom. The third-order valence-electron chi connectivity index (χ3n) is 6.96. The Morgan fingerprint density at radius 1 is 0.969 bits per heavy atom. The van der Waals surface area contributed by atoms with Crippen molar-refractivity contribution in [2.24, 2.45) is 5.92 Å².